The van der Waals surface area contributed by atoms with Crippen LogP contribution in [0.1, 0.15) is 34.5 Å². The van der Waals surface area contributed by atoms with Gasteiger partial charge in [-0.1, -0.05) is 24.3 Å². The Bertz CT molecular complexity index is 1380. The van der Waals surface area contributed by atoms with Crippen molar-refractivity contribution in [2.24, 2.45) is 0 Å². The Labute approximate surface area is 198 Å². The molecule has 0 fully saturated rings. The van der Waals surface area contributed by atoms with Gasteiger partial charge < -0.3 is 19.8 Å². The van der Waals surface area contributed by atoms with E-state index in [1.54, 1.807) is 26.2 Å². The standard InChI is InChI=1S/C26H21F3N2O4/c1-15(16-5-6-18-13-20(34-2)9-7-17(18)12-16)24(32)31-22-10-8-19(14-21(22)26(27,28)29)30-25(33)23-4-3-11-35-23/h3-15H,1-2H3,(H,30,33)(H,31,32)/t15-/m0/s1. The van der Waals surface area contributed by atoms with Gasteiger partial charge >= 0.3 is 6.18 Å². The summed E-state index contributed by atoms with van der Waals surface area (Å²) >= 11 is 0. The second-order valence-corrected chi connectivity index (χ2v) is 7.87. The summed E-state index contributed by atoms with van der Waals surface area (Å²) in [5.41, 5.74) is -0.928. The number of anilines is 2. The molecule has 0 spiro atoms. The van der Waals surface area contributed by atoms with E-state index in [4.69, 9.17) is 9.15 Å². The van der Waals surface area contributed by atoms with E-state index in [1.165, 1.54) is 24.5 Å². The Kier molecular flexibility index (Phi) is 6.50. The number of fused-ring (bicyclic) bond motifs is 1. The first-order chi connectivity index (χ1) is 16.7. The van der Waals surface area contributed by atoms with Gasteiger partial charge in [0, 0.05) is 5.69 Å². The van der Waals surface area contributed by atoms with Gasteiger partial charge in [0.2, 0.25) is 5.91 Å². The van der Waals surface area contributed by atoms with Crippen LogP contribution in [0.4, 0.5) is 24.5 Å². The van der Waals surface area contributed by atoms with Crippen LogP contribution in [-0.2, 0) is 11.0 Å². The van der Waals surface area contributed by atoms with Gasteiger partial charge in [-0.3, -0.25) is 9.59 Å². The number of benzene rings is 3. The van der Waals surface area contributed by atoms with Gasteiger partial charge in [0.1, 0.15) is 5.75 Å². The van der Waals surface area contributed by atoms with Gasteiger partial charge in [0.05, 0.1) is 30.5 Å². The fraction of sp³-hybridized carbons (Fsp3) is 0.154. The first kappa shape index (κ1) is 23.9. The SMILES string of the molecule is COc1ccc2cc([C@H](C)C(=O)Nc3ccc(NC(=O)c4ccco4)cc3C(F)(F)F)ccc2c1. The van der Waals surface area contributed by atoms with E-state index in [0.29, 0.717) is 11.3 Å². The summed E-state index contributed by atoms with van der Waals surface area (Å²) in [4.78, 5) is 25.0. The molecule has 1 aromatic heterocycles. The Morgan fingerprint density at radius 3 is 2.37 bits per heavy atom. The van der Waals surface area contributed by atoms with Gasteiger partial charge in [-0.05, 0) is 65.7 Å². The normalized spacial score (nSPS) is 12.3. The number of alkyl halides is 3. The van der Waals surface area contributed by atoms with E-state index in [1.807, 2.05) is 24.3 Å². The maximum absolute atomic E-state index is 13.8. The fourth-order valence-electron chi connectivity index (χ4n) is 3.60. The number of amides is 2. The molecule has 1 heterocycles. The molecule has 3 aromatic carbocycles. The molecule has 4 aromatic rings. The zero-order valence-corrected chi connectivity index (χ0v) is 18.8. The predicted molar refractivity (Wildman–Crippen MR) is 126 cm³/mol. The summed E-state index contributed by atoms with van der Waals surface area (Å²) in [5.74, 6) is -1.36. The molecule has 0 radical (unpaired) electrons. The molecule has 0 bridgehead atoms. The third-order valence-electron chi connectivity index (χ3n) is 5.55. The lowest BCUT2D eigenvalue weighted by molar-refractivity contribution is -0.136. The van der Waals surface area contributed by atoms with Crippen LogP contribution in [0, 0.1) is 0 Å². The van der Waals surface area contributed by atoms with Gasteiger partial charge in [-0.25, -0.2) is 0 Å². The van der Waals surface area contributed by atoms with E-state index < -0.39 is 35.2 Å². The molecular weight excluding hydrogens is 461 g/mol. The smallest absolute Gasteiger partial charge is 0.418 e. The van der Waals surface area contributed by atoms with Crippen molar-refractivity contribution in [2.75, 3.05) is 17.7 Å². The van der Waals surface area contributed by atoms with E-state index in [0.717, 1.165) is 22.9 Å². The highest BCUT2D eigenvalue weighted by Crippen LogP contribution is 2.37. The first-order valence-electron chi connectivity index (χ1n) is 10.6. The van der Waals surface area contributed by atoms with Crippen LogP contribution in [0.3, 0.4) is 0 Å². The number of hydrogen-bond acceptors (Lipinski definition) is 4. The monoisotopic (exact) mass is 482 g/mol. The molecular formula is C26H21F3N2O4. The fourth-order valence-corrected chi connectivity index (χ4v) is 3.60. The molecule has 0 aliphatic rings. The zero-order chi connectivity index (χ0) is 25.2. The van der Waals surface area contributed by atoms with Crippen LogP contribution < -0.4 is 15.4 Å². The van der Waals surface area contributed by atoms with Gasteiger partial charge in [0.25, 0.3) is 5.91 Å². The second kappa shape index (κ2) is 9.54. The molecule has 0 aliphatic heterocycles. The number of methoxy groups -OCH3 is 1. The topological polar surface area (TPSA) is 80.6 Å². The minimum absolute atomic E-state index is 0.0430. The van der Waals surface area contributed by atoms with E-state index in [-0.39, 0.29) is 11.4 Å². The minimum Gasteiger partial charge on any atom is -0.497 e. The number of carbonyl (C=O) groups is 2. The predicted octanol–water partition coefficient (Wildman–Crippen LogP) is 6.45. The number of halogens is 3. The highest BCUT2D eigenvalue weighted by atomic mass is 19.4. The van der Waals surface area contributed by atoms with Gasteiger partial charge in [-0.2, -0.15) is 13.2 Å². The number of ether oxygens (including phenoxy) is 1. The third kappa shape index (κ3) is 5.29. The number of furan rings is 1. The molecule has 0 saturated heterocycles. The van der Waals surface area contributed by atoms with Gasteiger partial charge in [-0.15, -0.1) is 0 Å². The van der Waals surface area contributed by atoms with Crippen molar-refractivity contribution >= 4 is 34.0 Å². The molecule has 6 nitrogen and oxygen atoms in total. The first-order valence-corrected chi connectivity index (χ1v) is 10.6. The summed E-state index contributed by atoms with van der Waals surface area (Å²) in [5, 5.41) is 6.52. The van der Waals surface area contributed by atoms with Crippen LogP contribution in [-0.4, -0.2) is 18.9 Å². The van der Waals surface area contributed by atoms with Crippen LogP contribution in [0.15, 0.2) is 77.4 Å². The van der Waals surface area contributed by atoms with Crippen molar-refractivity contribution in [1.82, 2.24) is 0 Å². The number of carbonyl (C=O) groups excluding carboxylic acids is 2. The van der Waals surface area contributed by atoms with Crippen LogP contribution >= 0.6 is 0 Å². The van der Waals surface area contributed by atoms with Gasteiger partial charge in [0.15, 0.2) is 5.76 Å². The number of nitrogens with one attached hydrogen (secondary N) is 2. The minimum atomic E-state index is -4.76. The second-order valence-electron chi connectivity index (χ2n) is 7.87. The lowest BCUT2D eigenvalue weighted by Crippen LogP contribution is -2.22. The highest BCUT2D eigenvalue weighted by molar-refractivity contribution is 6.03. The molecule has 2 N–H and O–H groups in total. The van der Waals surface area contributed by atoms with Crippen LogP contribution in [0.2, 0.25) is 0 Å². The Hall–Kier alpha value is -4.27. The molecule has 0 aliphatic carbocycles. The maximum atomic E-state index is 13.8. The highest BCUT2D eigenvalue weighted by Gasteiger charge is 2.35. The summed E-state index contributed by atoms with van der Waals surface area (Å²) in [6.45, 7) is 1.62. The molecule has 2 amide bonds. The van der Waals surface area contributed by atoms with E-state index >= 15 is 0 Å². The van der Waals surface area contributed by atoms with E-state index in [9.17, 15) is 22.8 Å². The van der Waals surface area contributed by atoms with Crippen molar-refractivity contribution in [3.63, 3.8) is 0 Å². The lowest BCUT2D eigenvalue weighted by Gasteiger charge is -2.18. The molecule has 4 rings (SSSR count). The summed E-state index contributed by atoms with van der Waals surface area (Å²) in [7, 11) is 1.57. The van der Waals surface area contributed by atoms with Crippen molar-refractivity contribution < 1.29 is 31.9 Å². The Morgan fingerprint density at radius 1 is 0.943 bits per heavy atom. The van der Waals surface area contributed by atoms with Crippen molar-refractivity contribution in [3.8, 4) is 5.75 Å². The lowest BCUT2D eigenvalue weighted by atomic mass is 9.96. The summed E-state index contributed by atoms with van der Waals surface area (Å²) in [6.07, 6.45) is -3.48. The summed E-state index contributed by atoms with van der Waals surface area (Å²) < 4.78 is 51.4. The molecule has 9 heteroatoms. The molecule has 0 saturated carbocycles. The molecule has 180 valence electrons. The molecule has 1 atom stereocenters. The maximum Gasteiger partial charge on any atom is 0.418 e. The largest absolute Gasteiger partial charge is 0.497 e. The van der Waals surface area contributed by atoms with Crippen LogP contribution in [0.5, 0.6) is 5.75 Å². The average Bonchev–Trinajstić information content (AvgIpc) is 3.38. The summed E-state index contributed by atoms with van der Waals surface area (Å²) in [6, 6.07) is 16.9. The Balaban J connectivity index is 1.55. The van der Waals surface area contributed by atoms with Crippen molar-refractivity contribution in [3.05, 3.63) is 89.9 Å². The number of rotatable bonds is 6. The van der Waals surface area contributed by atoms with E-state index in [2.05, 4.69) is 10.6 Å². The quantitative estimate of drug-likeness (QED) is 0.331. The number of hydrogen-bond donors (Lipinski definition) is 2. The average molecular weight is 482 g/mol. The Morgan fingerprint density at radius 2 is 1.69 bits per heavy atom. The zero-order valence-electron chi connectivity index (χ0n) is 18.8. The van der Waals surface area contributed by atoms with Crippen molar-refractivity contribution in [1.29, 1.82) is 0 Å². The van der Waals surface area contributed by atoms with Crippen molar-refractivity contribution in [2.45, 2.75) is 19.0 Å². The third-order valence-corrected chi connectivity index (χ3v) is 5.55. The van der Waals surface area contributed by atoms with Crippen LogP contribution in [0.25, 0.3) is 10.8 Å². The molecule has 35 heavy (non-hydrogen) atoms. The molecule has 0 unspecified atom stereocenters.